The van der Waals surface area contributed by atoms with Crippen LogP contribution in [-0.4, -0.2) is 59.7 Å². The summed E-state index contributed by atoms with van der Waals surface area (Å²) in [4.78, 5) is 29.9. The molecule has 0 atom stereocenters. The number of hydrogen-bond donors (Lipinski definition) is 0. The SMILES string of the molecule is CCCS(=O)(=O)n1c(=O)n(CC(=O)N2CCN(c3ccccc3Cl)CC2)c2ccccc21. The maximum atomic E-state index is 13.1. The van der Waals surface area contributed by atoms with Crippen LogP contribution in [0, 0.1) is 0 Å². The molecule has 0 unspecified atom stereocenters. The van der Waals surface area contributed by atoms with E-state index in [1.165, 1.54) is 4.57 Å². The van der Waals surface area contributed by atoms with Gasteiger partial charge >= 0.3 is 5.69 Å². The lowest BCUT2D eigenvalue weighted by atomic mass is 10.2. The summed E-state index contributed by atoms with van der Waals surface area (Å²) in [5, 5.41) is 0.667. The van der Waals surface area contributed by atoms with Crippen LogP contribution in [0.5, 0.6) is 0 Å². The van der Waals surface area contributed by atoms with Gasteiger partial charge in [-0.3, -0.25) is 9.36 Å². The zero-order valence-corrected chi connectivity index (χ0v) is 19.3. The number of fused-ring (bicyclic) bond motifs is 1. The summed E-state index contributed by atoms with van der Waals surface area (Å²) in [6.07, 6.45) is 0.392. The number of imidazole rings is 1. The number of piperazine rings is 1. The van der Waals surface area contributed by atoms with Crippen LogP contribution >= 0.6 is 11.6 Å². The highest BCUT2D eigenvalue weighted by atomic mass is 35.5. The summed E-state index contributed by atoms with van der Waals surface area (Å²) in [5.74, 6) is -0.361. The number of nitrogens with zero attached hydrogens (tertiary/aromatic N) is 4. The minimum absolute atomic E-state index is 0.140. The molecule has 0 N–H and O–H groups in total. The van der Waals surface area contributed by atoms with E-state index in [9.17, 15) is 18.0 Å². The Kier molecular flexibility index (Phi) is 6.30. The molecular weight excluding hydrogens is 452 g/mol. The van der Waals surface area contributed by atoms with Crippen molar-refractivity contribution >= 4 is 44.3 Å². The number of anilines is 1. The largest absolute Gasteiger partial charge is 0.367 e. The lowest BCUT2D eigenvalue weighted by Gasteiger charge is -2.36. The van der Waals surface area contributed by atoms with Gasteiger partial charge in [0, 0.05) is 26.2 Å². The highest BCUT2D eigenvalue weighted by Crippen LogP contribution is 2.26. The Morgan fingerprint density at radius 1 is 0.969 bits per heavy atom. The molecule has 1 aliphatic rings. The molecule has 3 aromatic rings. The molecule has 2 aromatic carbocycles. The van der Waals surface area contributed by atoms with Gasteiger partial charge in [0.25, 0.3) is 0 Å². The molecule has 0 spiro atoms. The fourth-order valence-corrected chi connectivity index (χ4v) is 5.84. The van der Waals surface area contributed by atoms with E-state index in [1.54, 1.807) is 36.1 Å². The summed E-state index contributed by atoms with van der Waals surface area (Å²) >= 11 is 6.29. The number of halogens is 1. The second-order valence-electron chi connectivity index (χ2n) is 7.76. The normalized spacial score (nSPS) is 14.8. The van der Waals surface area contributed by atoms with Gasteiger partial charge in [-0.05, 0) is 30.7 Å². The number of benzene rings is 2. The molecule has 32 heavy (non-hydrogen) atoms. The first-order chi connectivity index (χ1) is 15.3. The Morgan fingerprint density at radius 2 is 1.59 bits per heavy atom. The van der Waals surface area contributed by atoms with Crippen molar-refractivity contribution in [2.24, 2.45) is 0 Å². The zero-order valence-electron chi connectivity index (χ0n) is 17.8. The molecule has 0 radical (unpaired) electrons. The van der Waals surface area contributed by atoms with Gasteiger partial charge in [0.1, 0.15) is 6.54 Å². The van der Waals surface area contributed by atoms with E-state index in [0.717, 1.165) is 9.66 Å². The van der Waals surface area contributed by atoms with Crippen molar-refractivity contribution in [2.75, 3.05) is 36.8 Å². The zero-order chi connectivity index (χ0) is 22.9. The molecule has 170 valence electrons. The Bertz CT molecular complexity index is 1310. The Balaban J connectivity index is 1.56. The van der Waals surface area contributed by atoms with E-state index in [-0.39, 0.29) is 18.2 Å². The third kappa shape index (κ3) is 4.14. The van der Waals surface area contributed by atoms with E-state index in [0.29, 0.717) is 48.7 Å². The van der Waals surface area contributed by atoms with Gasteiger partial charge in [-0.2, -0.15) is 3.97 Å². The maximum absolute atomic E-state index is 13.1. The molecule has 1 aliphatic heterocycles. The van der Waals surface area contributed by atoms with Crippen molar-refractivity contribution in [1.82, 2.24) is 13.4 Å². The molecule has 10 heteroatoms. The van der Waals surface area contributed by atoms with E-state index in [1.807, 2.05) is 24.3 Å². The second-order valence-corrected chi connectivity index (χ2v) is 10.1. The fraction of sp³-hybridized carbons (Fsp3) is 0.364. The molecule has 0 aliphatic carbocycles. The monoisotopic (exact) mass is 476 g/mol. The van der Waals surface area contributed by atoms with Crippen LogP contribution in [0.1, 0.15) is 13.3 Å². The van der Waals surface area contributed by atoms with Crippen LogP contribution in [0.15, 0.2) is 53.3 Å². The number of rotatable bonds is 6. The summed E-state index contributed by atoms with van der Waals surface area (Å²) in [5.41, 5.74) is 0.951. The second kappa shape index (κ2) is 8.99. The van der Waals surface area contributed by atoms with Gasteiger partial charge in [0.15, 0.2) is 0 Å². The van der Waals surface area contributed by atoms with Gasteiger partial charge in [0.05, 0.1) is 27.5 Å². The number of hydrogen-bond acceptors (Lipinski definition) is 5. The summed E-state index contributed by atoms with van der Waals surface area (Å²) in [7, 11) is -3.81. The Labute approximate surface area is 191 Å². The fourth-order valence-electron chi connectivity index (χ4n) is 4.09. The average molecular weight is 477 g/mol. The smallest absolute Gasteiger partial charge is 0.343 e. The molecule has 8 nitrogen and oxygen atoms in total. The van der Waals surface area contributed by atoms with Crippen molar-refractivity contribution in [3.05, 3.63) is 64.0 Å². The van der Waals surface area contributed by atoms with Crippen LogP contribution in [0.3, 0.4) is 0 Å². The summed E-state index contributed by atoms with van der Waals surface area (Å²) in [6.45, 7) is 3.76. The molecule has 4 rings (SSSR count). The molecule has 0 bridgehead atoms. The highest BCUT2D eigenvalue weighted by Gasteiger charge is 2.26. The van der Waals surface area contributed by atoms with Gasteiger partial charge in [-0.15, -0.1) is 0 Å². The number of amides is 1. The predicted octanol–water partition coefficient (Wildman–Crippen LogP) is 2.39. The van der Waals surface area contributed by atoms with Crippen LogP contribution in [0.4, 0.5) is 5.69 Å². The first-order valence-electron chi connectivity index (χ1n) is 10.5. The van der Waals surface area contributed by atoms with Gasteiger partial charge < -0.3 is 9.80 Å². The molecular formula is C22H25ClN4O4S. The van der Waals surface area contributed by atoms with E-state index < -0.39 is 15.7 Å². The first kappa shape index (κ1) is 22.4. The molecule has 2 heterocycles. The van der Waals surface area contributed by atoms with Crippen molar-refractivity contribution in [2.45, 2.75) is 19.9 Å². The number of carbonyl (C=O) groups is 1. The molecule has 1 aromatic heterocycles. The number of aromatic nitrogens is 2. The van der Waals surface area contributed by atoms with E-state index in [4.69, 9.17) is 11.6 Å². The van der Waals surface area contributed by atoms with Crippen LogP contribution in [-0.2, 0) is 21.4 Å². The Morgan fingerprint density at radius 3 is 2.25 bits per heavy atom. The van der Waals surface area contributed by atoms with E-state index in [2.05, 4.69) is 4.90 Å². The minimum Gasteiger partial charge on any atom is -0.367 e. The number of carbonyl (C=O) groups excluding carboxylic acids is 1. The Hall–Kier alpha value is -2.78. The predicted molar refractivity (Wildman–Crippen MR) is 126 cm³/mol. The van der Waals surface area contributed by atoms with Crippen molar-refractivity contribution in [1.29, 1.82) is 0 Å². The standard InChI is InChI=1S/C22H25ClN4O4S/c1-2-15-32(30,31)27-20-10-6-5-9-19(20)26(22(27)29)16-21(28)25-13-11-24(12-14-25)18-8-4-3-7-17(18)23/h3-10H,2,11-16H2,1H3. The average Bonchev–Trinajstić information content (AvgIpc) is 3.06. The van der Waals surface area contributed by atoms with Crippen molar-refractivity contribution in [3.63, 3.8) is 0 Å². The molecule has 0 saturated carbocycles. The minimum atomic E-state index is -3.81. The van der Waals surface area contributed by atoms with Crippen LogP contribution in [0.25, 0.3) is 11.0 Å². The highest BCUT2D eigenvalue weighted by molar-refractivity contribution is 7.90. The van der Waals surface area contributed by atoms with Gasteiger partial charge in [0.2, 0.25) is 15.9 Å². The first-order valence-corrected chi connectivity index (χ1v) is 12.5. The van der Waals surface area contributed by atoms with Crippen LogP contribution in [0.2, 0.25) is 5.02 Å². The quantitative estimate of drug-likeness (QED) is 0.545. The maximum Gasteiger partial charge on any atom is 0.343 e. The van der Waals surface area contributed by atoms with E-state index >= 15 is 0 Å². The van der Waals surface area contributed by atoms with Crippen molar-refractivity contribution in [3.8, 4) is 0 Å². The van der Waals surface area contributed by atoms with Gasteiger partial charge in [-0.1, -0.05) is 42.8 Å². The molecule has 1 amide bonds. The van der Waals surface area contributed by atoms with Crippen LogP contribution < -0.4 is 10.6 Å². The molecule has 1 fully saturated rings. The molecule has 1 saturated heterocycles. The number of para-hydroxylation sites is 3. The summed E-state index contributed by atoms with van der Waals surface area (Å²) in [6, 6.07) is 14.2. The van der Waals surface area contributed by atoms with Crippen molar-refractivity contribution < 1.29 is 13.2 Å². The van der Waals surface area contributed by atoms with Gasteiger partial charge in [-0.25, -0.2) is 13.2 Å². The lowest BCUT2D eigenvalue weighted by molar-refractivity contribution is -0.132. The lowest BCUT2D eigenvalue weighted by Crippen LogP contribution is -2.50. The third-order valence-corrected chi connectivity index (χ3v) is 7.81. The third-order valence-electron chi connectivity index (χ3n) is 5.66. The topological polar surface area (TPSA) is 84.6 Å². The summed E-state index contributed by atoms with van der Waals surface area (Å²) < 4.78 is 27.5.